The highest BCUT2D eigenvalue weighted by molar-refractivity contribution is 6.31. The van der Waals surface area contributed by atoms with Gasteiger partial charge >= 0.3 is 0 Å². The fourth-order valence-electron chi connectivity index (χ4n) is 6.34. The van der Waals surface area contributed by atoms with E-state index in [4.69, 9.17) is 11.6 Å². The number of nitrogens with one attached hydrogen (secondary N) is 3. The first-order chi connectivity index (χ1) is 17.5. The van der Waals surface area contributed by atoms with Crippen molar-refractivity contribution < 1.29 is 14.4 Å². The summed E-state index contributed by atoms with van der Waals surface area (Å²) < 4.78 is 0. The Hall–Kier alpha value is -3.94. The van der Waals surface area contributed by atoms with Crippen molar-refractivity contribution in [2.24, 2.45) is 11.8 Å². The molecule has 4 atom stereocenters. The maximum Gasteiger partial charge on any atom is 0.250 e. The second-order valence-corrected chi connectivity index (χ2v) is 10.1. The van der Waals surface area contributed by atoms with Crippen LogP contribution in [0, 0.1) is 11.8 Å². The molecule has 4 heterocycles. The molecular formula is C28H21ClN4O3. The lowest BCUT2D eigenvalue weighted by molar-refractivity contribution is -0.130. The quantitative estimate of drug-likeness (QED) is 0.374. The summed E-state index contributed by atoms with van der Waals surface area (Å²) >= 11 is 6.20. The van der Waals surface area contributed by atoms with Crippen LogP contribution in [0.2, 0.25) is 5.02 Å². The van der Waals surface area contributed by atoms with E-state index >= 15 is 0 Å². The number of para-hydroxylation sites is 2. The van der Waals surface area contributed by atoms with Crippen molar-refractivity contribution in [1.29, 1.82) is 0 Å². The van der Waals surface area contributed by atoms with E-state index in [0.717, 1.165) is 16.5 Å². The number of H-pyrrole nitrogens is 1. The molecule has 7 rings (SSSR count). The van der Waals surface area contributed by atoms with Crippen LogP contribution in [0.5, 0.6) is 0 Å². The van der Waals surface area contributed by atoms with Crippen LogP contribution in [-0.2, 0) is 26.3 Å². The Morgan fingerprint density at radius 3 is 2.58 bits per heavy atom. The van der Waals surface area contributed by atoms with Crippen molar-refractivity contribution in [2.75, 3.05) is 10.2 Å². The van der Waals surface area contributed by atoms with Gasteiger partial charge in [0.25, 0.3) is 0 Å². The number of benzene rings is 3. The lowest BCUT2D eigenvalue weighted by Gasteiger charge is -2.29. The van der Waals surface area contributed by atoms with Gasteiger partial charge in [0, 0.05) is 39.4 Å². The molecule has 3 N–H and O–H groups in total. The van der Waals surface area contributed by atoms with Crippen molar-refractivity contribution in [2.45, 2.75) is 18.0 Å². The van der Waals surface area contributed by atoms with E-state index in [1.54, 1.807) is 24.3 Å². The molecule has 36 heavy (non-hydrogen) atoms. The van der Waals surface area contributed by atoms with Gasteiger partial charge in [0.05, 0.1) is 17.5 Å². The molecule has 3 amide bonds. The zero-order valence-electron chi connectivity index (χ0n) is 19.0. The van der Waals surface area contributed by atoms with Crippen LogP contribution in [-0.4, -0.2) is 28.7 Å². The minimum absolute atomic E-state index is 0.311. The minimum Gasteiger partial charge on any atom is -0.361 e. The average Bonchev–Trinajstić information content (AvgIpc) is 3.58. The van der Waals surface area contributed by atoms with E-state index in [1.165, 1.54) is 4.90 Å². The third kappa shape index (κ3) is 2.75. The van der Waals surface area contributed by atoms with Crippen LogP contribution in [0.4, 0.5) is 11.4 Å². The Bertz CT molecular complexity index is 1600. The summed E-state index contributed by atoms with van der Waals surface area (Å²) in [5.41, 5.74) is 2.45. The van der Waals surface area contributed by atoms with Crippen molar-refractivity contribution in [3.05, 3.63) is 95.1 Å². The van der Waals surface area contributed by atoms with Crippen molar-refractivity contribution in [3.63, 3.8) is 0 Å². The zero-order chi connectivity index (χ0) is 24.6. The second kappa shape index (κ2) is 7.53. The summed E-state index contributed by atoms with van der Waals surface area (Å²) in [5.74, 6) is -2.63. The van der Waals surface area contributed by atoms with Gasteiger partial charge in [0.15, 0.2) is 0 Å². The van der Waals surface area contributed by atoms with Gasteiger partial charge in [-0.25, -0.2) is 4.90 Å². The van der Waals surface area contributed by atoms with Crippen molar-refractivity contribution in [1.82, 2.24) is 10.3 Å². The fourth-order valence-corrected chi connectivity index (χ4v) is 6.52. The summed E-state index contributed by atoms with van der Waals surface area (Å²) in [6, 6.07) is 21.6. The molecule has 4 aromatic rings. The Balaban J connectivity index is 1.38. The molecule has 1 spiro atoms. The molecule has 3 aliphatic rings. The molecule has 2 saturated heterocycles. The standard InChI is InChI=1S/C28H21ClN4O3/c29-16-6-5-7-17(13-16)33-25(34)23-22(12-15-14-30-20-10-3-1-8-18(15)20)32-28(24(23)26(33)35)19-9-2-4-11-21(19)31-27(28)36/h1-11,13-14,22-24,30,32H,12H2,(H,31,36)/t22-,23+,24-,28-/m0/s1. The van der Waals surface area contributed by atoms with Crippen LogP contribution in [0.1, 0.15) is 11.1 Å². The predicted octanol–water partition coefficient (Wildman–Crippen LogP) is 3.99. The molecule has 1 aromatic heterocycles. The van der Waals surface area contributed by atoms with E-state index in [1.807, 2.05) is 54.7 Å². The number of halogens is 1. The van der Waals surface area contributed by atoms with E-state index in [-0.39, 0.29) is 11.8 Å². The number of hydrogen-bond donors (Lipinski definition) is 3. The van der Waals surface area contributed by atoms with E-state index < -0.39 is 29.3 Å². The second-order valence-electron chi connectivity index (χ2n) is 9.62. The lowest BCUT2D eigenvalue weighted by atomic mass is 9.76. The first-order valence-corrected chi connectivity index (χ1v) is 12.2. The smallest absolute Gasteiger partial charge is 0.250 e. The third-order valence-electron chi connectivity index (χ3n) is 7.80. The van der Waals surface area contributed by atoms with Crippen LogP contribution in [0.15, 0.2) is 79.0 Å². The SMILES string of the molecule is O=C1[C@@H]2[C@H](Cc3c[nH]c4ccccc34)N[C@]3(C(=O)Nc4ccccc43)[C@@H]2C(=O)N1c1cccc(Cl)c1. The maximum atomic E-state index is 14.0. The molecule has 3 aromatic carbocycles. The van der Waals surface area contributed by atoms with E-state index in [9.17, 15) is 14.4 Å². The summed E-state index contributed by atoms with van der Waals surface area (Å²) in [6.07, 6.45) is 2.41. The van der Waals surface area contributed by atoms with Gasteiger partial charge in [-0.3, -0.25) is 19.7 Å². The fraction of sp³-hybridized carbons (Fsp3) is 0.179. The van der Waals surface area contributed by atoms with E-state index in [2.05, 4.69) is 15.6 Å². The Labute approximate surface area is 211 Å². The number of nitrogens with zero attached hydrogens (tertiary/aromatic N) is 1. The molecule has 0 radical (unpaired) electrons. The van der Waals surface area contributed by atoms with Gasteiger partial charge < -0.3 is 10.3 Å². The highest BCUT2D eigenvalue weighted by Gasteiger charge is 2.70. The highest BCUT2D eigenvalue weighted by atomic mass is 35.5. The number of anilines is 2. The van der Waals surface area contributed by atoms with Crippen molar-refractivity contribution >= 4 is 51.6 Å². The van der Waals surface area contributed by atoms with Crippen LogP contribution in [0.25, 0.3) is 10.9 Å². The number of hydrogen-bond acceptors (Lipinski definition) is 4. The number of rotatable bonds is 3. The van der Waals surface area contributed by atoms with Gasteiger partial charge in [-0.2, -0.15) is 0 Å². The first kappa shape index (κ1) is 21.4. The molecule has 178 valence electrons. The van der Waals surface area contributed by atoms with Crippen LogP contribution in [0.3, 0.4) is 0 Å². The molecule has 0 saturated carbocycles. The topological polar surface area (TPSA) is 94.3 Å². The number of aromatic nitrogens is 1. The van der Waals surface area contributed by atoms with Gasteiger partial charge in [-0.15, -0.1) is 0 Å². The number of imide groups is 1. The van der Waals surface area contributed by atoms with Gasteiger partial charge in [0.2, 0.25) is 17.7 Å². The largest absolute Gasteiger partial charge is 0.361 e. The first-order valence-electron chi connectivity index (χ1n) is 11.9. The van der Waals surface area contributed by atoms with Gasteiger partial charge in [-0.05, 0) is 42.3 Å². The molecule has 8 heteroatoms. The zero-order valence-corrected chi connectivity index (χ0v) is 19.8. The molecule has 3 aliphatic heterocycles. The lowest BCUT2D eigenvalue weighted by Crippen LogP contribution is -2.53. The molecule has 7 nitrogen and oxygen atoms in total. The Morgan fingerprint density at radius 1 is 0.917 bits per heavy atom. The van der Waals surface area contributed by atoms with Crippen LogP contribution < -0.4 is 15.5 Å². The molecule has 0 unspecified atom stereocenters. The Morgan fingerprint density at radius 2 is 1.72 bits per heavy atom. The monoisotopic (exact) mass is 496 g/mol. The number of amides is 3. The molecular weight excluding hydrogens is 476 g/mol. The highest BCUT2D eigenvalue weighted by Crippen LogP contribution is 2.54. The van der Waals surface area contributed by atoms with Crippen LogP contribution >= 0.6 is 11.6 Å². The van der Waals surface area contributed by atoms with E-state index in [0.29, 0.717) is 28.4 Å². The third-order valence-corrected chi connectivity index (χ3v) is 8.04. The van der Waals surface area contributed by atoms with Gasteiger partial charge in [0.1, 0.15) is 5.54 Å². The number of fused-ring (bicyclic) bond motifs is 5. The maximum absolute atomic E-state index is 14.0. The molecule has 0 bridgehead atoms. The molecule has 2 fully saturated rings. The van der Waals surface area contributed by atoms with Crippen molar-refractivity contribution in [3.8, 4) is 0 Å². The summed E-state index contributed by atoms with van der Waals surface area (Å²) in [7, 11) is 0. The predicted molar refractivity (Wildman–Crippen MR) is 137 cm³/mol. The summed E-state index contributed by atoms with van der Waals surface area (Å²) in [4.78, 5) is 46.1. The summed E-state index contributed by atoms with van der Waals surface area (Å²) in [6.45, 7) is 0. The summed E-state index contributed by atoms with van der Waals surface area (Å²) in [5, 5.41) is 7.92. The average molecular weight is 497 g/mol. The number of carbonyl (C=O) groups is 3. The Kier molecular flexibility index (Phi) is 4.46. The minimum atomic E-state index is -1.34. The number of aromatic amines is 1. The normalized spacial score (nSPS) is 26.6. The van der Waals surface area contributed by atoms with Gasteiger partial charge in [-0.1, -0.05) is 54.1 Å². The number of carbonyl (C=O) groups excluding carboxylic acids is 3. The molecule has 0 aliphatic carbocycles.